The molecule has 0 N–H and O–H groups in total. The lowest BCUT2D eigenvalue weighted by molar-refractivity contribution is -0.0205. The fourth-order valence-corrected chi connectivity index (χ4v) is 5.64. The molecule has 1 heterocycles. The first-order valence-corrected chi connectivity index (χ1v) is 11.1. The van der Waals surface area contributed by atoms with Crippen LogP contribution < -0.4 is 0 Å². The summed E-state index contributed by atoms with van der Waals surface area (Å²) in [6.07, 6.45) is 11.0. The van der Waals surface area contributed by atoms with Gasteiger partial charge in [0.05, 0.1) is 6.04 Å². The van der Waals surface area contributed by atoms with Gasteiger partial charge in [0.25, 0.3) is 0 Å². The SMILES string of the molecule is CC(C)[C@@H]1CC[C@@H](C)C[C@H]1OC(=O)N(C)[C@@H]1CCCC[C@@H]1N1CCCC1. The van der Waals surface area contributed by atoms with E-state index in [-0.39, 0.29) is 12.2 Å². The normalized spacial score (nSPS) is 36.3. The van der Waals surface area contributed by atoms with Crippen molar-refractivity contribution in [3.05, 3.63) is 0 Å². The molecular formula is C22H40N2O2. The van der Waals surface area contributed by atoms with E-state index in [0.717, 1.165) is 12.8 Å². The van der Waals surface area contributed by atoms with Gasteiger partial charge >= 0.3 is 6.09 Å². The summed E-state index contributed by atoms with van der Waals surface area (Å²) in [6, 6.07) is 0.864. The predicted octanol–water partition coefficient (Wildman–Crippen LogP) is 4.92. The van der Waals surface area contributed by atoms with Crippen LogP contribution in [0, 0.1) is 17.8 Å². The molecule has 2 aliphatic carbocycles. The molecule has 0 radical (unpaired) electrons. The standard InChI is InChI=1S/C22H40N2O2/c1-16(2)18-12-11-17(3)15-21(18)26-22(25)23(4)19-9-5-6-10-20(19)24-13-7-8-14-24/h16-21H,5-15H2,1-4H3/t17-,18+,19-,20+,21-/m1/s1. The average Bonchev–Trinajstić information content (AvgIpc) is 3.15. The Morgan fingerprint density at radius 3 is 2.42 bits per heavy atom. The second-order valence-corrected chi connectivity index (χ2v) is 9.52. The second kappa shape index (κ2) is 8.95. The maximum absolute atomic E-state index is 13.0. The number of hydrogen-bond acceptors (Lipinski definition) is 3. The third-order valence-electron chi connectivity index (χ3n) is 7.30. The van der Waals surface area contributed by atoms with Crippen LogP contribution in [0.25, 0.3) is 0 Å². The molecule has 0 aromatic heterocycles. The van der Waals surface area contributed by atoms with Crippen LogP contribution in [0.2, 0.25) is 0 Å². The van der Waals surface area contributed by atoms with E-state index in [0.29, 0.717) is 29.8 Å². The monoisotopic (exact) mass is 364 g/mol. The largest absolute Gasteiger partial charge is 0.446 e. The molecule has 3 rings (SSSR count). The van der Waals surface area contributed by atoms with Gasteiger partial charge in [-0.1, -0.05) is 40.0 Å². The van der Waals surface area contributed by atoms with Gasteiger partial charge in [-0.15, -0.1) is 0 Å². The Hall–Kier alpha value is -0.770. The summed E-state index contributed by atoms with van der Waals surface area (Å²) < 4.78 is 6.13. The zero-order chi connectivity index (χ0) is 18.7. The van der Waals surface area contributed by atoms with E-state index in [1.165, 1.54) is 58.0 Å². The Kier molecular flexibility index (Phi) is 6.87. The van der Waals surface area contributed by atoms with Crippen molar-refractivity contribution in [3.8, 4) is 0 Å². The zero-order valence-corrected chi connectivity index (χ0v) is 17.5. The van der Waals surface area contributed by atoms with Crippen molar-refractivity contribution in [2.45, 2.75) is 96.7 Å². The number of carbonyl (C=O) groups excluding carboxylic acids is 1. The molecule has 5 atom stereocenters. The van der Waals surface area contributed by atoms with Gasteiger partial charge in [-0.25, -0.2) is 4.79 Å². The molecule has 0 unspecified atom stereocenters. The molecule has 26 heavy (non-hydrogen) atoms. The predicted molar refractivity (Wildman–Crippen MR) is 106 cm³/mol. The van der Waals surface area contributed by atoms with Crippen molar-refractivity contribution >= 4 is 6.09 Å². The minimum absolute atomic E-state index is 0.0779. The number of amides is 1. The number of nitrogens with zero attached hydrogens (tertiary/aromatic N) is 2. The number of carbonyl (C=O) groups is 1. The van der Waals surface area contributed by atoms with E-state index < -0.39 is 0 Å². The van der Waals surface area contributed by atoms with Crippen molar-refractivity contribution in [1.82, 2.24) is 9.80 Å². The van der Waals surface area contributed by atoms with E-state index in [1.54, 1.807) is 0 Å². The number of likely N-dealkylation sites (tertiary alicyclic amines) is 1. The summed E-state index contributed by atoms with van der Waals surface area (Å²) in [5, 5.41) is 0. The summed E-state index contributed by atoms with van der Waals surface area (Å²) in [4.78, 5) is 17.6. The maximum atomic E-state index is 13.0. The molecule has 2 saturated carbocycles. The smallest absolute Gasteiger partial charge is 0.410 e. The summed E-state index contributed by atoms with van der Waals surface area (Å²) in [5.41, 5.74) is 0. The Morgan fingerprint density at radius 2 is 1.73 bits per heavy atom. The minimum Gasteiger partial charge on any atom is -0.446 e. The Labute approximate surface area is 160 Å². The molecule has 150 valence electrons. The van der Waals surface area contributed by atoms with E-state index in [1.807, 2.05) is 11.9 Å². The molecule has 1 amide bonds. The highest BCUT2D eigenvalue weighted by atomic mass is 16.6. The summed E-state index contributed by atoms with van der Waals surface area (Å²) >= 11 is 0. The molecule has 0 aromatic rings. The van der Waals surface area contributed by atoms with Crippen LogP contribution in [-0.2, 0) is 4.74 Å². The highest BCUT2D eigenvalue weighted by molar-refractivity contribution is 5.68. The average molecular weight is 365 g/mol. The van der Waals surface area contributed by atoms with Crippen LogP contribution in [0.4, 0.5) is 4.79 Å². The lowest BCUT2D eigenvalue weighted by atomic mass is 9.75. The van der Waals surface area contributed by atoms with Crippen molar-refractivity contribution in [2.75, 3.05) is 20.1 Å². The number of hydrogen-bond donors (Lipinski definition) is 0. The summed E-state index contributed by atoms with van der Waals surface area (Å²) in [5.74, 6) is 1.77. The number of likely N-dealkylation sites (N-methyl/N-ethyl adjacent to an activating group) is 1. The Bertz CT molecular complexity index is 461. The third kappa shape index (κ3) is 4.55. The van der Waals surface area contributed by atoms with Crippen LogP contribution in [0.15, 0.2) is 0 Å². The fraction of sp³-hybridized carbons (Fsp3) is 0.955. The molecule has 1 saturated heterocycles. The first-order chi connectivity index (χ1) is 12.5. The van der Waals surface area contributed by atoms with Gasteiger partial charge in [0, 0.05) is 13.1 Å². The van der Waals surface area contributed by atoms with Crippen molar-refractivity contribution in [1.29, 1.82) is 0 Å². The molecule has 3 fully saturated rings. The van der Waals surface area contributed by atoms with Gasteiger partial charge in [-0.2, -0.15) is 0 Å². The highest BCUT2D eigenvalue weighted by Gasteiger charge is 2.38. The van der Waals surface area contributed by atoms with Gasteiger partial charge in [-0.05, 0) is 69.4 Å². The molecule has 1 aliphatic heterocycles. The maximum Gasteiger partial charge on any atom is 0.410 e. The van der Waals surface area contributed by atoms with Crippen LogP contribution in [0.1, 0.15) is 78.6 Å². The lowest BCUT2D eigenvalue weighted by Crippen LogP contribution is -2.54. The molecule has 4 heteroatoms. The van der Waals surface area contributed by atoms with Crippen molar-refractivity contribution in [3.63, 3.8) is 0 Å². The molecule has 0 aromatic carbocycles. The lowest BCUT2D eigenvalue weighted by Gasteiger charge is -2.43. The highest BCUT2D eigenvalue weighted by Crippen LogP contribution is 2.36. The fourth-order valence-electron chi connectivity index (χ4n) is 5.64. The van der Waals surface area contributed by atoms with Crippen LogP contribution >= 0.6 is 0 Å². The third-order valence-corrected chi connectivity index (χ3v) is 7.30. The molecule has 0 spiro atoms. The van der Waals surface area contributed by atoms with Gasteiger partial charge in [-0.3, -0.25) is 4.90 Å². The molecular weight excluding hydrogens is 324 g/mol. The van der Waals surface area contributed by atoms with Crippen LogP contribution in [0.5, 0.6) is 0 Å². The van der Waals surface area contributed by atoms with Gasteiger partial charge in [0.1, 0.15) is 6.10 Å². The molecule has 4 nitrogen and oxygen atoms in total. The zero-order valence-electron chi connectivity index (χ0n) is 17.5. The Morgan fingerprint density at radius 1 is 1.04 bits per heavy atom. The number of ether oxygens (including phenoxy) is 1. The van der Waals surface area contributed by atoms with E-state index in [2.05, 4.69) is 25.7 Å². The van der Waals surface area contributed by atoms with E-state index >= 15 is 0 Å². The number of rotatable bonds is 4. The summed E-state index contributed by atoms with van der Waals surface area (Å²) in [6.45, 7) is 9.26. The van der Waals surface area contributed by atoms with Gasteiger partial charge in [0.2, 0.25) is 0 Å². The van der Waals surface area contributed by atoms with Gasteiger partial charge in [0.15, 0.2) is 0 Å². The van der Waals surface area contributed by atoms with Crippen molar-refractivity contribution < 1.29 is 9.53 Å². The van der Waals surface area contributed by atoms with Crippen LogP contribution in [0.3, 0.4) is 0 Å². The quantitative estimate of drug-likeness (QED) is 0.709. The van der Waals surface area contributed by atoms with E-state index in [9.17, 15) is 4.79 Å². The summed E-state index contributed by atoms with van der Waals surface area (Å²) in [7, 11) is 1.98. The molecule has 0 bridgehead atoms. The van der Waals surface area contributed by atoms with Gasteiger partial charge < -0.3 is 9.64 Å². The first kappa shape index (κ1) is 20.0. The van der Waals surface area contributed by atoms with Crippen molar-refractivity contribution in [2.24, 2.45) is 17.8 Å². The second-order valence-electron chi connectivity index (χ2n) is 9.52. The topological polar surface area (TPSA) is 32.8 Å². The van der Waals surface area contributed by atoms with E-state index in [4.69, 9.17) is 4.74 Å². The minimum atomic E-state index is -0.0779. The molecule has 3 aliphatic rings. The van der Waals surface area contributed by atoms with Crippen LogP contribution in [-0.4, -0.2) is 54.2 Å². The Balaban J connectivity index is 1.63. The first-order valence-electron chi connectivity index (χ1n) is 11.1.